The number of likely N-dealkylation sites (tertiary alicyclic amines) is 1. The number of hydrogen-bond donors (Lipinski definition) is 1. The van der Waals surface area contributed by atoms with E-state index in [1.165, 1.54) is 0 Å². The van der Waals surface area contributed by atoms with E-state index in [1.807, 2.05) is 20.8 Å². The lowest BCUT2D eigenvalue weighted by molar-refractivity contribution is -0.121. The number of benzene rings is 1. The van der Waals surface area contributed by atoms with E-state index in [9.17, 15) is 9.59 Å². The maximum Gasteiger partial charge on any atom is 0.410 e. The van der Waals surface area contributed by atoms with Gasteiger partial charge in [0.2, 0.25) is 5.91 Å². The first-order valence-electron chi connectivity index (χ1n) is 8.87. The van der Waals surface area contributed by atoms with Crippen molar-refractivity contribution in [1.29, 1.82) is 0 Å². The average molecular weight is 359 g/mol. The summed E-state index contributed by atoms with van der Waals surface area (Å²) in [4.78, 5) is 30.8. The number of rotatable bonds is 2. The molecule has 3 rings (SSSR count). The number of ether oxygens (including phenoxy) is 1. The Kier molecular flexibility index (Phi) is 4.89. The molecule has 1 aliphatic rings. The molecule has 0 aliphatic carbocycles. The predicted molar refractivity (Wildman–Crippen MR) is 97.9 cm³/mol. The van der Waals surface area contributed by atoms with Gasteiger partial charge in [0.05, 0.1) is 5.92 Å². The molecule has 0 bridgehead atoms. The molecular formula is C19H25N3O4. The van der Waals surface area contributed by atoms with Crippen LogP contribution in [0.4, 0.5) is 10.5 Å². The summed E-state index contributed by atoms with van der Waals surface area (Å²) in [6.07, 6.45) is 1.16. The normalized spacial score (nSPS) is 18.0. The van der Waals surface area contributed by atoms with Gasteiger partial charge in [-0.05, 0) is 51.8 Å². The van der Waals surface area contributed by atoms with Crippen molar-refractivity contribution in [2.75, 3.05) is 18.4 Å². The van der Waals surface area contributed by atoms with Crippen molar-refractivity contribution >= 4 is 28.8 Å². The molecule has 1 aromatic carbocycles. The Bertz CT molecular complexity index is 822. The second kappa shape index (κ2) is 6.97. The van der Waals surface area contributed by atoms with Gasteiger partial charge in [-0.1, -0.05) is 0 Å². The van der Waals surface area contributed by atoms with Gasteiger partial charge in [0.25, 0.3) is 0 Å². The van der Waals surface area contributed by atoms with Gasteiger partial charge in [0.1, 0.15) is 11.1 Å². The number of carbonyl (C=O) groups is 2. The summed E-state index contributed by atoms with van der Waals surface area (Å²) in [6.45, 7) is 8.27. The van der Waals surface area contributed by atoms with Crippen LogP contribution in [0.15, 0.2) is 22.6 Å². The first-order valence-corrected chi connectivity index (χ1v) is 8.87. The third-order valence-corrected chi connectivity index (χ3v) is 4.21. The van der Waals surface area contributed by atoms with Crippen molar-refractivity contribution in [2.45, 2.75) is 46.1 Å². The molecule has 1 N–H and O–H groups in total. The quantitative estimate of drug-likeness (QED) is 0.883. The van der Waals surface area contributed by atoms with E-state index in [0.29, 0.717) is 35.8 Å². The number of carbonyl (C=O) groups excluding carboxylic acids is 2. The number of anilines is 1. The molecule has 0 saturated carbocycles. The molecule has 7 nitrogen and oxygen atoms in total. The van der Waals surface area contributed by atoms with Gasteiger partial charge >= 0.3 is 6.09 Å². The zero-order valence-electron chi connectivity index (χ0n) is 15.7. The largest absolute Gasteiger partial charge is 0.444 e. The van der Waals surface area contributed by atoms with E-state index in [0.717, 1.165) is 12.8 Å². The highest BCUT2D eigenvalue weighted by Crippen LogP contribution is 2.23. The van der Waals surface area contributed by atoms with Crippen molar-refractivity contribution in [1.82, 2.24) is 9.88 Å². The van der Waals surface area contributed by atoms with Crippen LogP contribution in [0.25, 0.3) is 11.1 Å². The summed E-state index contributed by atoms with van der Waals surface area (Å²) in [5, 5.41) is 2.92. The molecule has 140 valence electrons. The molecule has 0 spiro atoms. The standard InChI is InChI=1S/C19H25N3O4/c1-12-20-15-10-14(7-8-16(15)25-12)21-17(23)13-6-5-9-22(11-13)18(24)26-19(2,3)4/h7-8,10,13H,5-6,9,11H2,1-4H3,(H,21,23). The molecule has 1 saturated heterocycles. The third-order valence-electron chi connectivity index (χ3n) is 4.21. The molecule has 1 fully saturated rings. The third kappa shape index (κ3) is 4.33. The molecule has 26 heavy (non-hydrogen) atoms. The number of amides is 2. The van der Waals surface area contributed by atoms with E-state index in [2.05, 4.69) is 10.3 Å². The molecular weight excluding hydrogens is 334 g/mol. The van der Waals surface area contributed by atoms with Gasteiger partial charge in [-0.25, -0.2) is 9.78 Å². The molecule has 2 heterocycles. The van der Waals surface area contributed by atoms with Gasteiger partial charge in [0, 0.05) is 25.7 Å². The Labute approximate surface area is 152 Å². The molecule has 2 amide bonds. The van der Waals surface area contributed by atoms with Crippen LogP contribution in [-0.2, 0) is 9.53 Å². The van der Waals surface area contributed by atoms with Crippen molar-refractivity contribution in [3.05, 3.63) is 24.1 Å². The summed E-state index contributed by atoms with van der Waals surface area (Å²) in [7, 11) is 0. The fourth-order valence-corrected chi connectivity index (χ4v) is 3.05. The summed E-state index contributed by atoms with van der Waals surface area (Å²) < 4.78 is 10.9. The van der Waals surface area contributed by atoms with Crippen LogP contribution in [0.5, 0.6) is 0 Å². The maximum absolute atomic E-state index is 12.6. The molecule has 7 heteroatoms. The van der Waals surface area contributed by atoms with Crippen molar-refractivity contribution in [3.8, 4) is 0 Å². The molecule has 1 atom stereocenters. The zero-order chi connectivity index (χ0) is 18.9. The van der Waals surface area contributed by atoms with Gasteiger partial charge < -0.3 is 19.4 Å². The summed E-state index contributed by atoms with van der Waals surface area (Å²) in [5.74, 6) is 0.229. The summed E-state index contributed by atoms with van der Waals surface area (Å²) in [5.41, 5.74) is 1.52. The number of nitrogens with zero attached hydrogens (tertiary/aromatic N) is 2. The minimum absolute atomic E-state index is 0.0992. The van der Waals surface area contributed by atoms with Crippen molar-refractivity contribution in [3.63, 3.8) is 0 Å². The highest BCUT2D eigenvalue weighted by Gasteiger charge is 2.31. The minimum atomic E-state index is -0.544. The Morgan fingerprint density at radius 1 is 1.35 bits per heavy atom. The molecule has 2 aromatic rings. The highest BCUT2D eigenvalue weighted by atomic mass is 16.6. The van der Waals surface area contributed by atoms with Gasteiger partial charge in [-0.2, -0.15) is 0 Å². The SMILES string of the molecule is Cc1nc2cc(NC(=O)C3CCCN(C(=O)OC(C)(C)C)C3)ccc2o1. The Hall–Kier alpha value is -2.57. The van der Waals surface area contributed by atoms with E-state index in [1.54, 1.807) is 30.0 Å². The van der Waals surface area contributed by atoms with Gasteiger partial charge in [0.15, 0.2) is 11.5 Å². The first-order chi connectivity index (χ1) is 12.2. The number of aromatic nitrogens is 1. The number of fused-ring (bicyclic) bond motifs is 1. The van der Waals surface area contributed by atoms with Crippen LogP contribution in [0, 0.1) is 12.8 Å². The van der Waals surface area contributed by atoms with E-state index < -0.39 is 5.60 Å². The molecule has 0 radical (unpaired) electrons. The zero-order valence-corrected chi connectivity index (χ0v) is 15.7. The summed E-state index contributed by atoms with van der Waals surface area (Å²) in [6, 6.07) is 5.37. The fourth-order valence-electron chi connectivity index (χ4n) is 3.05. The van der Waals surface area contributed by atoms with E-state index in [-0.39, 0.29) is 17.9 Å². The van der Waals surface area contributed by atoms with E-state index >= 15 is 0 Å². The number of piperidine rings is 1. The van der Waals surface area contributed by atoms with Crippen LogP contribution in [0.1, 0.15) is 39.5 Å². The lowest BCUT2D eigenvalue weighted by Gasteiger charge is -2.33. The van der Waals surface area contributed by atoms with Gasteiger partial charge in [-0.15, -0.1) is 0 Å². The van der Waals surface area contributed by atoms with Crippen LogP contribution in [-0.4, -0.2) is 40.6 Å². The molecule has 1 aromatic heterocycles. The highest BCUT2D eigenvalue weighted by molar-refractivity contribution is 5.94. The topological polar surface area (TPSA) is 84.7 Å². The van der Waals surface area contributed by atoms with E-state index in [4.69, 9.17) is 9.15 Å². The second-order valence-electron chi connectivity index (χ2n) is 7.67. The Morgan fingerprint density at radius 3 is 2.85 bits per heavy atom. The number of aryl methyl sites for hydroxylation is 1. The predicted octanol–water partition coefficient (Wildman–Crippen LogP) is 3.72. The molecule has 1 aliphatic heterocycles. The van der Waals surface area contributed by atoms with Crippen LogP contribution in [0.2, 0.25) is 0 Å². The van der Waals surface area contributed by atoms with Gasteiger partial charge in [-0.3, -0.25) is 4.79 Å². The number of nitrogens with one attached hydrogen (secondary N) is 1. The first kappa shape index (κ1) is 18.2. The van der Waals surface area contributed by atoms with Crippen LogP contribution in [0.3, 0.4) is 0 Å². The lowest BCUT2D eigenvalue weighted by atomic mass is 9.97. The fraction of sp³-hybridized carbons (Fsp3) is 0.526. The maximum atomic E-state index is 12.6. The smallest absolute Gasteiger partial charge is 0.410 e. The number of oxazole rings is 1. The summed E-state index contributed by atoms with van der Waals surface area (Å²) >= 11 is 0. The Balaban J connectivity index is 1.63. The minimum Gasteiger partial charge on any atom is -0.444 e. The van der Waals surface area contributed by atoms with Crippen molar-refractivity contribution < 1.29 is 18.7 Å². The monoisotopic (exact) mass is 359 g/mol. The lowest BCUT2D eigenvalue weighted by Crippen LogP contribution is -2.45. The number of hydrogen-bond acceptors (Lipinski definition) is 5. The molecule has 1 unspecified atom stereocenters. The average Bonchev–Trinajstić information content (AvgIpc) is 2.92. The second-order valence-corrected chi connectivity index (χ2v) is 7.67. The Morgan fingerprint density at radius 2 is 2.12 bits per heavy atom. The van der Waals surface area contributed by atoms with Crippen LogP contribution >= 0.6 is 0 Å². The van der Waals surface area contributed by atoms with Crippen molar-refractivity contribution in [2.24, 2.45) is 5.92 Å². The van der Waals surface area contributed by atoms with Crippen LogP contribution < -0.4 is 5.32 Å².